The Morgan fingerprint density at radius 3 is 2.69 bits per heavy atom. The minimum Gasteiger partial charge on any atom is -0.385 e. The van der Waals surface area contributed by atoms with Crippen LogP contribution in [0.4, 0.5) is 0 Å². The summed E-state index contributed by atoms with van der Waals surface area (Å²) in [6.07, 6.45) is 6.51. The summed E-state index contributed by atoms with van der Waals surface area (Å²) in [7, 11) is 1.73. The average molecular weight is 187 g/mol. The van der Waals surface area contributed by atoms with Gasteiger partial charge >= 0.3 is 0 Å². The van der Waals surface area contributed by atoms with E-state index in [-0.39, 0.29) is 0 Å². The second-order valence-electron chi connectivity index (χ2n) is 3.82. The lowest BCUT2D eigenvalue weighted by Crippen LogP contribution is -2.31. The van der Waals surface area contributed by atoms with Gasteiger partial charge in [-0.2, -0.15) is 5.48 Å². The standard InChI is InChI=1S/C10H21NO2/c1-9(7-8-12-2)11-13-10-5-3-4-6-10/h9-11H,3-8H2,1-2H3. The Hall–Kier alpha value is -0.120. The number of methoxy groups -OCH3 is 1. The van der Waals surface area contributed by atoms with Gasteiger partial charge in [0, 0.05) is 19.8 Å². The highest BCUT2D eigenvalue weighted by Gasteiger charge is 2.16. The predicted octanol–water partition coefficient (Wildman–Crippen LogP) is 1.88. The highest BCUT2D eigenvalue weighted by atomic mass is 16.7. The molecule has 1 atom stereocenters. The van der Waals surface area contributed by atoms with E-state index in [0.717, 1.165) is 13.0 Å². The van der Waals surface area contributed by atoms with Crippen LogP contribution in [0.15, 0.2) is 0 Å². The van der Waals surface area contributed by atoms with Gasteiger partial charge in [0.15, 0.2) is 0 Å². The summed E-state index contributed by atoms with van der Waals surface area (Å²) in [5.41, 5.74) is 3.08. The predicted molar refractivity (Wildman–Crippen MR) is 52.4 cm³/mol. The fraction of sp³-hybridized carbons (Fsp3) is 1.00. The summed E-state index contributed by atoms with van der Waals surface area (Å²) < 4.78 is 4.99. The number of hydroxylamine groups is 1. The largest absolute Gasteiger partial charge is 0.385 e. The number of nitrogens with one attached hydrogen (secondary N) is 1. The summed E-state index contributed by atoms with van der Waals surface area (Å²) >= 11 is 0. The number of rotatable bonds is 6. The minimum absolute atomic E-state index is 0.389. The van der Waals surface area contributed by atoms with Gasteiger partial charge in [0.05, 0.1) is 6.10 Å². The second-order valence-corrected chi connectivity index (χ2v) is 3.82. The Morgan fingerprint density at radius 2 is 2.08 bits per heavy atom. The summed E-state index contributed by atoms with van der Waals surface area (Å²) in [6.45, 7) is 2.91. The monoisotopic (exact) mass is 187 g/mol. The van der Waals surface area contributed by atoms with E-state index < -0.39 is 0 Å². The van der Waals surface area contributed by atoms with Gasteiger partial charge in [0.1, 0.15) is 0 Å². The van der Waals surface area contributed by atoms with Crippen molar-refractivity contribution in [3.05, 3.63) is 0 Å². The van der Waals surface area contributed by atoms with Crippen molar-refractivity contribution in [2.24, 2.45) is 0 Å². The van der Waals surface area contributed by atoms with Crippen molar-refractivity contribution in [1.29, 1.82) is 0 Å². The van der Waals surface area contributed by atoms with E-state index >= 15 is 0 Å². The molecule has 1 saturated carbocycles. The van der Waals surface area contributed by atoms with Gasteiger partial charge in [0.25, 0.3) is 0 Å². The molecule has 3 heteroatoms. The molecule has 0 saturated heterocycles. The van der Waals surface area contributed by atoms with Crippen molar-refractivity contribution < 1.29 is 9.57 Å². The van der Waals surface area contributed by atoms with E-state index in [1.807, 2.05) is 0 Å². The third-order valence-electron chi connectivity index (χ3n) is 2.49. The molecule has 0 aliphatic heterocycles. The van der Waals surface area contributed by atoms with Gasteiger partial charge in [0.2, 0.25) is 0 Å². The Kier molecular flexibility index (Phi) is 5.35. The minimum atomic E-state index is 0.389. The molecule has 78 valence electrons. The molecule has 0 amide bonds. The topological polar surface area (TPSA) is 30.5 Å². The molecule has 0 bridgehead atoms. The lowest BCUT2D eigenvalue weighted by Gasteiger charge is -2.16. The number of hydrogen-bond acceptors (Lipinski definition) is 3. The van der Waals surface area contributed by atoms with E-state index in [0.29, 0.717) is 12.1 Å². The first kappa shape index (κ1) is 11.0. The Morgan fingerprint density at radius 1 is 1.38 bits per heavy atom. The highest BCUT2D eigenvalue weighted by molar-refractivity contribution is 4.66. The zero-order valence-electron chi connectivity index (χ0n) is 8.71. The molecule has 0 aromatic heterocycles. The third kappa shape index (κ3) is 4.60. The molecule has 1 N–H and O–H groups in total. The molecule has 1 unspecified atom stereocenters. The van der Waals surface area contributed by atoms with Crippen molar-refractivity contribution >= 4 is 0 Å². The van der Waals surface area contributed by atoms with Gasteiger partial charge in [-0.1, -0.05) is 12.8 Å². The maximum absolute atomic E-state index is 5.56. The van der Waals surface area contributed by atoms with Crippen LogP contribution in [-0.2, 0) is 9.57 Å². The number of hydrogen-bond donors (Lipinski definition) is 1. The first-order valence-corrected chi connectivity index (χ1v) is 5.23. The van der Waals surface area contributed by atoms with E-state index in [2.05, 4.69) is 12.4 Å². The van der Waals surface area contributed by atoms with E-state index in [4.69, 9.17) is 9.57 Å². The van der Waals surface area contributed by atoms with Crippen molar-refractivity contribution in [2.45, 2.75) is 51.2 Å². The Labute approximate surface area is 80.7 Å². The maximum atomic E-state index is 5.56. The first-order chi connectivity index (χ1) is 6.33. The summed E-state index contributed by atoms with van der Waals surface area (Å²) in [5.74, 6) is 0. The molecule has 0 aromatic rings. The van der Waals surface area contributed by atoms with Crippen LogP contribution in [0.3, 0.4) is 0 Å². The van der Waals surface area contributed by atoms with E-state index in [1.165, 1.54) is 25.7 Å². The van der Waals surface area contributed by atoms with Gasteiger partial charge in [-0.3, -0.25) is 4.84 Å². The van der Waals surface area contributed by atoms with Crippen LogP contribution in [0, 0.1) is 0 Å². The van der Waals surface area contributed by atoms with Crippen LogP contribution in [0.2, 0.25) is 0 Å². The zero-order valence-corrected chi connectivity index (χ0v) is 8.71. The summed E-state index contributed by atoms with van der Waals surface area (Å²) in [5, 5.41) is 0. The molecule has 0 aromatic carbocycles. The van der Waals surface area contributed by atoms with E-state index in [9.17, 15) is 0 Å². The molecular formula is C10H21NO2. The van der Waals surface area contributed by atoms with Crippen molar-refractivity contribution in [3.8, 4) is 0 Å². The van der Waals surface area contributed by atoms with E-state index in [1.54, 1.807) is 7.11 Å². The second kappa shape index (κ2) is 6.35. The molecule has 1 fully saturated rings. The molecule has 13 heavy (non-hydrogen) atoms. The van der Waals surface area contributed by atoms with Gasteiger partial charge in [-0.25, -0.2) is 0 Å². The number of ether oxygens (including phenoxy) is 1. The average Bonchev–Trinajstić information content (AvgIpc) is 2.64. The molecule has 0 spiro atoms. The van der Waals surface area contributed by atoms with Crippen molar-refractivity contribution in [3.63, 3.8) is 0 Å². The van der Waals surface area contributed by atoms with Crippen molar-refractivity contribution in [2.75, 3.05) is 13.7 Å². The van der Waals surface area contributed by atoms with Crippen LogP contribution in [0.1, 0.15) is 39.0 Å². The maximum Gasteiger partial charge on any atom is 0.0790 e. The molecule has 0 radical (unpaired) electrons. The van der Waals surface area contributed by atoms with Crippen molar-refractivity contribution in [1.82, 2.24) is 5.48 Å². The normalized spacial score (nSPS) is 20.8. The van der Waals surface area contributed by atoms with Gasteiger partial charge in [-0.15, -0.1) is 0 Å². The van der Waals surface area contributed by atoms with Crippen LogP contribution in [0.5, 0.6) is 0 Å². The Balaban J connectivity index is 1.97. The fourth-order valence-electron chi connectivity index (χ4n) is 1.57. The SMILES string of the molecule is COCCC(C)NOC1CCCC1. The van der Waals surface area contributed by atoms with Crippen LogP contribution < -0.4 is 5.48 Å². The Bertz CT molecular complexity index is 124. The van der Waals surface area contributed by atoms with Crippen LogP contribution in [0.25, 0.3) is 0 Å². The lowest BCUT2D eigenvalue weighted by atomic mass is 10.3. The fourth-order valence-corrected chi connectivity index (χ4v) is 1.57. The molecular weight excluding hydrogens is 166 g/mol. The van der Waals surface area contributed by atoms with Gasteiger partial charge in [-0.05, 0) is 26.2 Å². The molecule has 1 rings (SSSR count). The smallest absolute Gasteiger partial charge is 0.0790 e. The van der Waals surface area contributed by atoms with Crippen LogP contribution >= 0.6 is 0 Å². The first-order valence-electron chi connectivity index (χ1n) is 5.23. The van der Waals surface area contributed by atoms with Gasteiger partial charge < -0.3 is 4.74 Å². The van der Waals surface area contributed by atoms with Crippen LogP contribution in [-0.4, -0.2) is 25.9 Å². The molecule has 1 aliphatic carbocycles. The highest BCUT2D eigenvalue weighted by Crippen LogP contribution is 2.20. The molecule has 3 nitrogen and oxygen atoms in total. The quantitative estimate of drug-likeness (QED) is 0.644. The summed E-state index contributed by atoms with van der Waals surface area (Å²) in [6, 6.07) is 0.389. The summed E-state index contributed by atoms with van der Waals surface area (Å²) in [4.78, 5) is 5.56. The molecule has 1 aliphatic rings. The third-order valence-corrected chi connectivity index (χ3v) is 2.49. The lowest BCUT2D eigenvalue weighted by molar-refractivity contribution is -0.0411. The zero-order chi connectivity index (χ0) is 9.52. The molecule has 0 heterocycles.